The lowest BCUT2D eigenvalue weighted by molar-refractivity contribution is -0.142. The van der Waals surface area contributed by atoms with E-state index in [1.807, 2.05) is 25.1 Å². The normalized spacial score (nSPS) is 19.2. The zero-order valence-corrected chi connectivity index (χ0v) is 12.9. The van der Waals surface area contributed by atoms with Crippen molar-refractivity contribution in [1.82, 2.24) is 0 Å². The number of carbonyl (C=O) groups excluding carboxylic acids is 2. The lowest BCUT2D eigenvalue weighted by Crippen LogP contribution is -2.38. The summed E-state index contributed by atoms with van der Waals surface area (Å²) in [6, 6.07) is 5.74. The standard InChI is InChI=1S/C15H16BrNO3/c1-15(7-8-15)13(18)20-14(19)17-9-3-4-10-11(16)5-2-6-12(10)17/h2,5-6H,3-4,7-9H2,1H3. The Bertz CT molecular complexity index is 580. The van der Waals surface area contributed by atoms with E-state index in [2.05, 4.69) is 15.9 Å². The largest absolute Gasteiger partial charge is 0.422 e. The highest BCUT2D eigenvalue weighted by atomic mass is 79.9. The van der Waals surface area contributed by atoms with Crippen LogP contribution in [0.25, 0.3) is 0 Å². The molecule has 4 nitrogen and oxygen atoms in total. The highest BCUT2D eigenvalue weighted by Crippen LogP contribution is 2.46. The lowest BCUT2D eigenvalue weighted by atomic mass is 10.0. The number of amides is 1. The highest BCUT2D eigenvalue weighted by Gasteiger charge is 2.48. The van der Waals surface area contributed by atoms with Gasteiger partial charge in [0.2, 0.25) is 0 Å². The van der Waals surface area contributed by atoms with Crippen molar-refractivity contribution in [3.8, 4) is 0 Å². The third-order valence-corrected chi connectivity index (χ3v) is 4.83. The van der Waals surface area contributed by atoms with E-state index in [0.29, 0.717) is 6.54 Å². The number of benzene rings is 1. The summed E-state index contributed by atoms with van der Waals surface area (Å²) in [5.41, 5.74) is 1.50. The number of hydrogen-bond donors (Lipinski definition) is 0. The molecule has 2 aliphatic rings. The molecule has 20 heavy (non-hydrogen) atoms. The number of nitrogens with zero attached hydrogens (tertiary/aromatic N) is 1. The average Bonchev–Trinajstić information content (AvgIpc) is 3.18. The number of carbonyl (C=O) groups is 2. The van der Waals surface area contributed by atoms with Crippen molar-refractivity contribution in [2.75, 3.05) is 11.4 Å². The number of anilines is 1. The number of ether oxygens (including phenoxy) is 1. The van der Waals surface area contributed by atoms with Crippen LogP contribution in [0.2, 0.25) is 0 Å². The second-order valence-corrected chi connectivity index (χ2v) is 6.56. The predicted octanol–water partition coefficient (Wildman–Crippen LogP) is 3.67. The van der Waals surface area contributed by atoms with E-state index in [-0.39, 0.29) is 0 Å². The molecule has 1 heterocycles. The summed E-state index contributed by atoms with van der Waals surface area (Å²) < 4.78 is 6.04. The zero-order valence-electron chi connectivity index (χ0n) is 11.3. The van der Waals surface area contributed by atoms with E-state index < -0.39 is 17.5 Å². The van der Waals surface area contributed by atoms with Gasteiger partial charge in [-0.2, -0.15) is 0 Å². The van der Waals surface area contributed by atoms with Gasteiger partial charge in [-0.3, -0.25) is 9.69 Å². The van der Waals surface area contributed by atoms with Crippen molar-refractivity contribution in [3.05, 3.63) is 28.2 Å². The zero-order chi connectivity index (χ0) is 14.3. The van der Waals surface area contributed by atoms with Crippen LogP contribution in [-0.2, 0) is 16.0 Å². The van der Waals surface area contributed by atoms with Gasteiger partial charge < -0.3 is 4.74 Å². The molecular weight excluding hydrogens is 322 g/mol. The Hall–Kier alpha value is -1.36. The molecule has 3 rings (SSSR count). The van der Waals surface area contributed by atoms with Crippen molar-refractivity contribution in [2.45, 2.75) is 32.6 Å². The summed E-state index contributed by atoms with van der Waals surface area (Å²) in [6.07, 6.45) is 2.85. The molecule has 1 aromatic rings. The third kappa shape index (κ3) is 2.35. The summed E-state index contributed by atoms with van der Waals surface area (Å²) in [5.74, 6) is -0.398. The molecule has 1 aliphatic heterocycles. The number of halogens is 1. The van der Waals surface area contributed by atoms with E-state index in [1.165, 1.54) is 0 Å². The molecule has 1 saturated carbocycles. The van der Waals surface area contributed by atoms with Gasteiger partial charge in [0.05, 0.1) is 11.1 Å². The van der Waals surface area contributed by atoms with Crippen LogP contribution in [-0.4, -0.2) is 18.6 Å². The summed E-state index contributed by atoms with van der Waals surface area (Å²) >= 11 is 3.51. The Kier molecular flexibility index (Phi) is 3.32. The van der Waals surface area contributed by atoms with E-state index in [4.69, 9.17) is 4.74 Å². The fraction of sp³-hybridized carbons (Fsp3) is 0.467. The second kappa shape index (κ2) is 4.88. The van der Waals surface area contributed by atoms with Gasteiger partial charge in [-0.05, 0) is 50.3 Å². The van der Waals surface area contributed by atoms with Crippen molar-refractivity contribution < 1.29 is 14.3 Å². The van der Waals surface area contributed by atoms with Crippen molar-refractivity contribution in [1.29, 1.82) is 0 Å². The van der Waals surface area contributed by atoms with E-state index >= 15 is 0 Å². The first kappa shape index (κ1) is 13.6. The molecule has 1 fully saturated rings. The molecule has 0 atom stereocenters. The Labute approximate surface area is 126 Å². The van der Waals surface area contributed by atoms with Crippen molar-refractivity contribution >= 4 is 33.7 Å². The predicted molar refractivity (Wildman–Crippen MR) is 78.6 cm³/mol. The molecule has 0 aromatic heterocycles. The molecule has 1 amide bonds. The van der Waals surface area contributed by atoms with Crippen LogP contribution in [0.3, 0.4) is 0 Å². The first-order chi connectivity index (χ1) is 9.51. The Balaban J connectivity index is 1.80. The maximum atomic E-state index is 12.2. The van der Waals surface area contributed by atoms with Crippen LogP contribution in [0.15, 0.2) is 22.7 Å². The van der Waals surface area contributed by atoms with Crippen LogP contribution in [0.5, 0.6) is 0 Å². The molecule has 0 radical (unpaired) electrons. The molecule has 0 saturated heterocycles. The molecular formula is C15H16BrNO3. The number of fused-ring (bicyclic) bond motifs is 1. The van der Waals surface area contributed by atoms with E-state index in [1.54, 1.807) is 4.90 Å². The minimum atomic E-state index is -0.554. The smallest absolute Gasteiger partial charge is 0.375 e. The van der Waals surface area contributed by atoms with Crippen LogP contribution in [0.1, 0.15) is 31.7 Å². The Morgan fingerprint density at radius 2 is 2.10 bits per heavy atom. The summed E-state index contributed by atoms with van der Waals surface area (Å²) in [5, 5.41) is 0. The van der Waals surface area contributed by atoms with Gasteiger partial charge in [-0.25, -0.2) is 4.79 Å². The third-order valence-electron chi connectivity index (χ3n) is 4.09. The lowest BCUT2D eigenvalue weighted by Gasteiger charge is -2.29. The highest BCUT2D eigenvalue weighted by molar-refractivity contribution is 9.10. The monoisotopic (exact) mass is 337 g/mol. The maximum absolute atomic E-state index is 12.2. The number of hydrogen-bond acceptors (Lipinski definition) is 3. The Morgan fingerprint density at radius 1 is 1.35 bits per heavy atom. The molecule has 1 aromatic carbocycles. The number of rotatable bonds is 1. The fourth-order valence-corrected chi connectivity index (χ4v) is 2.97. The molecule has 106 valence electrons. The molecule has 0 spiro atoms. The molecule has 0 N–H and O–H groups in total. The van der Waals surface area contributed by atoms with Crippen molar-refractivity contribution in [2.24, 2.45) is 5.41 Å². The molecule has 0 bridgehead atoms. The Morgan fingerprint density at radius 3 is 2.80 bits per heavy atom. The minimum Gasteiger partial charge on any atom is -0.375 e. The second-order valence-electron chi connectivity index (χ2n) is 5.71. The summed E-state index contributed by atoms with van der Waals surface area (Å²) in [7, 11) is 0. The maximum Gasteiger partial charge on any atom is 0.422 e. The first-order valence-corrected chi connectivity index (χ1v) is 7.62. The van der Waals surface area contributed by atoms with E-state index in [9.17, 15) is 9.59 Å². The van der Waals surface area contributed by atoms with Gasteiger partial charge in [-0.1, -0.05) is 22.0 Å². The summed E-state index contributed by atoms with van der Waals surface area (Å²) in [4.78, 5) is 25.7. The van der Waals surface area contributed by atoms with Gasteiger partial charge in [0.25, 0.3) is 0 Å². The fourth-order valence-electron chi connectivity index (χ4n) is 2.42. The van der Waals surface area contributed by atoms with Crippen LogP contribution >= 0.6 is 15.9 Å². The molecule has 0 unspecified atom stereocenters. The van der Waals surface area contributed by atoms with Crippen LogP contribution in [0, 0.1) is 5.41 Å². The van der Waals surface area contributed by atoms with Gasteiger partial charge >= 0.3 is 12.1 Å². The van der Waals surface area contributed by atoms with Gasteiger partial charge in [0.1, 0.15) is 0 Å². The SMILES string of the molecule is CC1(C(=O)OC(=O)N2CCCc3c(Br)cccc32)CC1. The van der Waals surface area contributed by atoms with Crippen LogP contribution in [0.4, 0.5) is 10.5 Å². The van der Waals surface area contributed by atoms with Crippen molar-refractivity contribution in [3.63, 3.8) is 0 Å². The topological polar surface area (TPSA) is 46.6 Å². The van der Waals surface area contributed by atoms with Gasteiger partial charge in [0, 0.05) is 11.0 Å². The molecule has 1 aliphatic carbocycles. The summed E-state index contributed by atoms with van der Waals surface area (Å²) in [6.45, 7) is 2.43. The van der Waals surface area contributed by atoms with Gasteiger partial charge in [0.15, 0.2) is 0 Å². The van der Waals surface area contributed by atoms with Crippen LogP contribution < -0.4 is 4.90 Å². The average molecular weight is 338 g/mol. The minimum absolute atomic E-state index is 0.398. The van der Waals surface area contributed by atoms with Gasteiger partial charge in [-0.15, -0.1) is 0 Å². The first-order valence-electron chi connectivity index (χ1n) is 6.82. The molecule has 5 heteroatoms. The van der Waals surface area contributed by atoms with E-state index in [0.717, 1.165) is 41.4 Å². The quantitative estimate of drug-likeness (QED) is 0.580. The number of esters is 1.